The Morgan fingerprint density at radius 2 is 0.655 bits per heavy atom. The maximum absolute atomic E-state index is 12.9. The number of unbranched alkanes of at least 4 members (excludes halogenated alkanes) is 45. The Morgan fingerprint density at radius 3 is 0.977 bits per heavy atom. The van der Waals surface area contributed by atoms with Crippen molar-refractivity contribution in [1.29, 1.82) is 0 Å². The fourth-order valence-electron chi connectivity index (χ4n) is 11.1. The molecule has 0 aliphatic rings. The number of nitrogens with zero attached hydrogens (tertiary/aromatic N) is 1. The Labute approximate surface area is 539 Å². The molecule has 2 atom stereocenters. The number of rotatable bonds is 70. The van der Waals surface area contributed by atoms with Gasteiger partial charge in [-0.05, 0) is 57.8 Å². The lowest BCUT2D eigenvalue weighted by Gasteiger charge is -2.26. The van der Waals surface area contributed by atoms with Crippen LogP contribution in [-0.2, 0) is 33.3 Å². The molecule has 0 N–H and O–H groups in total. The molecule has 0 aromatic rings. The second-order valence-electron chi connectivity index (χ2n) is 26.6. The number of hydrogen-bond acceptors (Lipinski definition) is 8. The minimum absolute atomic E-state index is 0.147. The number of esters is 2. The third-order valence-electron chi connectivity index (χ3n) is 16.8. The van der Waals surface area contributed by atoms with E-state index in [0.717, 1.165) is 77.0 Å². The highest BCUT2D eigenvalue weighted by Crippen LogP contribution is 2.19. The molecule has 0 radical (unpaired) electrons. The summed E-state index contributed by atoms with van der Waals surface area (Å²) >= 11 is 0. The second-order valence-corrected chi connectivity index (χ2v) is 26.6. The normalized spacial score (nSPS) is 13.0. The molecule has 0 spiro atoms. The van der Waals surface area contributed by atoms with Crippen molar-refractivity contribution < 1.29 is 42.9 Å². The van der Waals surface area contributed by atoms with Gasteiger partial charge in [0.1, 0.15) is 13.2 Å². The van der Waals surface area contributed by atoms with E-state index in [1.165, 1.54) is 250 Å². The van der Waals surface area contributed by atoms with E-state index in [-0.39, 0.29) is 32.2 Å². The quantitative estimate of drug-likeness (QED) is 0.0195. The van der Waals surface area contributed by atoms with Gasteiger partial charge in [0, 0.05) is 12.8 Å². The fraction of sp³-hybridized carbons (Fsp3) is 0.833. The first-order valence-electron chi connectivity index (χ1n) is 37.4. The highest BCUT2D eigenvalue weighted by molar-refractivity contribution is 5.70. The molecule has 0 bridgehead atoms. The second kappa shape index (κ2) is 68.9. The number of aliphatic carboxylic acids is 1. The molecule has 0 rings (SSSR count). The standard InChI is InChI=1S/C78H143NO8/c1-6-8-10-12-14-16-18-20-22-24-26-28-30-32-34-35-36-37-38-39-40-41-43-44-46-48-50-52-54-56-58-60-62-64-66-68-75(80)85-72-74(73-86-78(77(82)83)84-71-70-79(3,4)5)87-76(81)69-67-65-63-61-59-57-55-53-51-49-47-45-42-33-31-29-27-25-23-21-19-17-15-13-11-9-7-2/h9,11,15,17,21,23,27,29,33,42,74,78H,6-8,10,12-14,16,18-20,22,24-26,28,30-32,34-41,43-73H2,1-5H3/b11-9-,17-15-,23-21-,29-27-,42-33-. The molecule has 0 aromatic heterocycles. The van der Waals surface area contributed by atoms with Gasteiger partial charge >= 0.3 is 11.9 Å². The van der Waals surface area contributed by atoms with Crippen LogP contribution in [0.1, 0.15) is 361 Å². The molecule has 9 nitrogen and oxygen atoms in total. The number of quaternary nitrogens is 1. The molecule has 0 saturated carbocycles. The van der Waals surface area contributed by atoms with Gasteiger partial charge in [-0.1, -0.05) is 351 Å². The lowest BCUT2D eigenvalue weighted by Crippen LogP contribution is -2.44. The summed E-state index contributed by atoms with van der Waals surface area (Å²) in [6, 6.07) is 0. The number of likely N-dealkylation sites (N-methyl/N-ethyl adjacent to an activating group) is 1. The van der Waals surface area contributed by atoms with Gasteiger partial charge in [0.05, 0.1) is 40.3 Å². The van der Waals surface area contributed by atoms with Crippen LogP contribution in [-0.4, -0.2) is 82.3 Å². The lowest BCUT2D eigenvalue weighted by atomic mass is 10.0. The molecule has 0 aliphatic heterocycles. The molecule has 9 heteroatoms. The summed E-state index contributed by atoms with van der Waals surface area (Å²) in [6.07, 6.45) is 87.6. The zero-order valence-corrected chi connectivity index (χ0v) is 58.2. The molecule has 0 aromatic carbocycles. The lowest BCUT2D eigenvalue weighted by molar-refractivity contribution is -0.870. The SMILES string of the molecule is CC/C=C\C/C=C\C/C=C\C/C=C\C/C=C\CCCCCCCCCCCCCC(=O)OC(COC(=O)CCCCCCCCCCCCCCCCCCCCCCCCCCCCCCCCCCCCC)COC(OCC[N+](C)(C)C)C(=O)[O-]. The van der Waals surface area contributed by atoms with Crippen LogP contribution in [0, 0.1) is 0 Å². The summed E-state index contributed by atoms with van der Waals surface area (Å²) in [6.45, 7) is 4.69. The first-order chi connectivity index (χ1) is 42.6. The Balaban J connectivity index is 4.02. The fourth-order valence-corrected chi connectivity index (χ4v) is 11.1. The Morgan fingerprint density at radius 1 is 0.356 bits per heavy atom. The molecule has 87 heavy (non-hydrogen) atoms. The van der Waals surface area contributed by atoms with Crippen molar-refractivity contribution in [2.24, 2.45) is 0 Å². The molecule has 0 fully saturated rings. The van der Waals surface area contributed by atoms with Gasteiger partial charge in [-0.15, -0.1) is 0 Å². The Bertz CT molecular complexity index is 1610. The highest BCUT2D eigenvalue weighted by Gasteiger charge is 2.22. The van der Waals surface area contributed by atoms with E-state index in [1.54, 1.807) is 0 Å². The smallest absolute Gasteiger partial charge is 0.306 e. The minimum atomic E-state index is -1.62. The number of carbonyl (C=O) groups is 3. The van der Waals surface area contributed by atoms with Crippen LogP contribution in [0.4, 0.5) is 0 Å². The number of carboxylic acids is 1. The van der Waals surface area contributed by atoms with Crippen molar-refractivity contribution in [3.05, 3.63) is 60.8 Å². The van der Waals surface area contributed by atoms with E-state index >= 15 is 0 Å². The first kappa shape index (κ1) is 84.0. The Hall–Kier alpha value is -3.01. The molecule has 0 amide bonds. The largest absolute Gasteiger partial charge is 0.545 e. The summed E-state index contributed by atoms with van der Waals surface area (Å²) in [5, 5.41) is 11.8. The van der Waals surface area contributed by atoms with Crippen molar-refractivity contribution in [2.45, 2.75) is 373 Å². The molecule has 2 unspecified atom stereocenters. The van der Waals surface area contributed by atoms with E-state index in [2.05, 4.69) is 74.6 Å². The zero-order chi connectivity index (χ0) is 63.3. The van der Waals surface area contributed by atoms with Crippen LogP contribution in [0.25, 0.3) is 0 Å². The minimum Gasteiger partial charge on any atom is -0.545 e. The van der Waals surface area contributed by atoms with Gasteiger partial charge in [0.2, 0.25) is 0 Å². The van der Waals surface area contributed by atoms with Crippen molar-refractivity contribution >= 4 is 17.9 Å². The topological polar surface area (TPSA) is 111 Å². The van der Waals surface area contributed by atoms with Crippen molar-refractivity contribution in [2.75, 3.05) is 47.5 Å². The van der Waals surface area contributed by atoms with Crippen LogP contribution in [0.2, 0.25) is 0 Å². The van der Waals surface area contributed by atoms with Crippen LogP contribution in [0.3, 0.4) is 0 Å². The third kappa shape index (κ3) is 70.3. The monoisotopic (exact) mass is 1220 g/mol. The van der Waals surface area contributed by atoms with E-state index in [4.69, 9.17) is 18.9 Å². The number of carboxylic acid groups (broad SMARTS) is 1. The van der Waals surface area contributed by atoms with Gasteiger partial charge in [0.25, 0.3) is 0 Å². The molecule has 0 heterocycles. The first-order valence-corrected chi connectivity index (χ1v) is 37.4. The van der Waals surface area contributed by atoms with Gasteiger partial charge in [0.15, 0.2) is 12.4 Å². The predicted octanol–water partition coefficient (Wildman–Crippen LogP) is 22.1. The van der Waals surface area contributed by atoms with Gasteiger partial charge in [-0.3, -0.25) is 9.59 Å². The van der Waals surface area contributed by atoms with Crippen molar-refractivity contribution in [1.82, 2.24) is 0 Å². The van der Waals surface area contributed by atoms with Crippen LogP contribution < -0.4 is 5.11 Å². The summed E-state index contributed by atoms with van der Waals surface area (Å²) in [7, 11) is 5.94. The summed E-state index contributed by atoms with van der Waals surface area (Å²) < 4.78 is 22.8. The van der Waals surface area contributed by atoms with E-state index in [9.17, 15) is 19.5 Å². The maximum atomic E-state index is 12.9. The van der Waals surface area contributed by atoms with E-state index < -0.39 is 24.3 Å². The van der Waals surface area contributed by atoms with Crippen molar-refractivity contribution in [3.63, 3.8) is 0 Å². The summed E-state index contributed by atoms with van der Waals surface area (Å²) in [5.41, 5.74) is 0. The average Bonchev–Trinajstić information content (AvgIpc) is 3.56. The average molecular weight is 1220 g/mol. The van der Waals surface area contributed by atoms with Gasteiger partial charge in [-0.2, -0.15) is 0 Å². The zero-order valence-electron chi connectivity index (χ0n) is 58.2. The predicted molar refractivity (Wildman–Crippen MR) is 371 cm³/mol. The Kier molecular flexibility index (Phi) is 66.5. The van der Waals surface area contributed by atoms with E-state index in [1.807, 2.05) is 21.1 Å². The van der Waals surface area contributed by atoms with Crippen LogP contribution in [0.15, 0.2) is 60.8 Å². The number of hydrogen-bond donors (Lipinski definition) is 0. The van der Waals surface area contributed by atoms with Gasteiger partial charge in [-0.25, -0.2) is 0 Å². The maximum Gasteiger partial charge on any atom is 0.306 e. The van der Waals surface area contributed by atoms with E-state index in [0.29, 0.717) is 23.9 Å². The molecular formula is C78H143NO8. The number of carbonyl (C=O) groups excluding carboxylic acids is 3. The molecule has 0 saturated heterocycles. The molecular weight excluding hydrogens is 1080 g/mol. The van der Waals surface area contributed by atoms with Gasteiger partial charge < -0.3 is 33.3 Å². The number of ether oxygens (including phenoxy) is 4. The summed E-state index contributed by atoms with van der Waals surface area (Å²) in [5.74, 6) is -2.27. The third-order valence-corrected chi connectivity index (χ3v) is 16.8. The summed E-state index contributed by atoms with van der Waals surface area (Å²) in [4.78, 5) is 37.5. The number of allylic oxidation sites excluding steroid dienone is 10. The molecule has 508 valence electrons. The van der Waals surface area contributed by atoms with Crippen molar-refractivity contribution in [3.8, 4) is 0 Å². The van der Waals surface area contributed by atoms with Crippen LogP contribution in [0.5, 0.6) is 0 Å². The molecule has 0 aliphatic carbocycles. The highest BCUT2D eigenvalue weighted by atomic mass is 16.7. The van der Waals surface area contributed by atoms with Crippen LogP contribution >= 0.6 is 0 Å².